The molecule has 1 aliphatic rings. The first-order chi connectivity index (χ1) is 7.29. The van der Waals surface area contributed by atoms with Crippen molar-refractivity contribution in [2.45, 2.75) is 6.92 Å². The van der Waals surface area contributed by atoms with Crippen LogP contribution in [0.4, 0.5) is 0 Å². The van der Waals surface area contributed by atoms with E-state index in [1.54, 1.807) is 6.20 Å². The van der Waals surface area contributed by atoms with Gasteiger partial charge < -0.3 is 5.32 Å². The fourth-order valence-electron chi connectivity index (χ4n) is 1.57. The molecule has 0 saturated carbocycles. The summed E-state index contributed by atoms with van der Waals surface area (Å²) in [6, 6.07) is 10.5. The zero-order chi connectivity index (χ0) is 10.7. The second-order valence-corrected chi connectivity index (χ2v) is 3.63. The average Bonchev–Trinajstić information content (AvgIpc) is 2.30. The molecule has 1 aromatic rings. The van der Waals surface area contributed by atoms with Crippen molar-refractivity contribution in [2.24, 2.45) is 0 Å². The maximum Gasteiger partial charge on any atom is 0.101 e. The Bertz CT molecular complexity index is 458. The highest BCUT2D eigenvalue weighted by Gasteiger charge is 2.06. The predicted octanol–water partition coefficient (Wildman–Crippen LogP) is 2.39. The first kappa shape index (κ1) is 9.54. The Morgan fingerprint density at radius 1 is 1.27 bits per heavy atom. The molecule has 74 valence electrons. The highest BCUT2D eigenvalue weighted by atomic mass is 14.8. The van der Waals surface area contributed by atoms with Gasteiger partial charge in [-0.05, 0) is 24.1 Å². The maximum atomic E-state index is 8.80. The Balaban J connectivity index is 2.33. The van der Waals surface area contributed by atoms with E-state index < -0.39 is 0 Å². The molecule has 2 heteroatoms. The van der Waals surface area contributed by atoms with Crippen LogP contribution in [0.5, 0.6) is 0 Å². The van der Waals surface area contributed by atoms with Crippen molar-refractivity contribution in [3.05, 3.63) is 53.2 Å². The second kappa shape index (κ2) is 4.02. The van der Waals surface area contributed by atoms with Crippen molar-refractivity contribution in [1.29, 1.82) is 5.26 Å². The number of nitriles is 1. The molecule has 1 aliphatic heterocycles. The standard InChI is InChI=1S/C13H12N2/c1-10-2-4-12(5-3-10)13-6-11(7-14)8-15-9-13/h2-6,8,15H,9H2,1H3. The molecule has 2 nitrogen and oxygen atoms in total. The van der Waals surface area contributed by atoms with E-state index in [1.807, 2.05) is 6.08 Å². The number of nitrogens with one attached hydrogen (secondary N) is 1. The fourth-order valence-corrected chi connectivity index (χ4v) is 1.57. The molecule has 1 aromatic carbocycles. The van der Waals surface area contributed by atoms with Crippen LogP contribution < -0.4 is 5.32 Å². The van der Waals surface area contributed by atoms with Crippen molar-refractivity contribution in [1.82, 2.24) is 5.32 Å². The van der Waals surface area contributed by atoms with Crippen LogP contribution in [-0.4, -0.2) is 6.54 Å². The molecule has 0 atom stereocenters. The summed E-state index contributed by atoms with van der Waals surface area (Å²) < 4.78 is 0. The molecular weight excluding hydrogens is 184 g/mol. The molecule has 1 heterocycles. The lowest BCUT2D eigenvalue weighted by atomic mass is 10.0. The van der Waals surface area contributed by atoms with Gasteiger partial charge in [-0.3, -0.25) is 0 Å². The van der Waals surface area contributed by atoms with Crippen LogP contribution in [0.3, 0.4) is 0 Å². The Morgan fingerprint density at radius 3 is 2.67 bits per heavy atom. The molecule has 0 amide bonds. The summed E-state index contributed by atoms with van der Waals surface area (Å²) in [6.45, 7) is 2.85. The van der Waals surface area contributed by atoms with Gasteiger partial charge >= 0.3 is 0 Å². The highest BCUT2D eigenvalue weighted by molar-refractivity contribution is 5.72. The van der Waals surface area contributed by atoms with E-state index in [1.165, 1.54) is 11.1 Å². The van der Waals surface area contributed by atoms with Gasteiger partial charge in [0.05, 0.1) is 5.57 Å². The van der Waals surface area contributed by atoms with Crippen LogP contribution in [0, 0.1) is 18.3 Å². The van der Waals surface area contributed by atoms with Crippen molar-refractivity contribution < 1.29 is 0 Å². The lowest BCUT2D eigenvalue weighted by molar-refractivity contribution is 0.977. The molecule has 0 fully saturated rings. The zero-order valence-electron chi connectivity index (χ0n) is 8.62. The van der Waals surface area contributed by atoms with Crippen LogP contribution in [-0.2, 0) is 0 Å². The summed E-state index contributed by atoms with van der Waals surface area (Å²) in [6.07, 6.45) is 3.68. The van der Waals surface area contributed by atoms with Crippen molar-refractivity contribution in [2.75, 3.05) is 6.54 Å². The first-order valence-electron chi connectivity index (χ1n) is 4.91. The monoisotopic (exact) mass is 196 g/mol. The Morgan fingerprint density at radius 2 is 2.00 bits per heavy atom. The van der Waals surface area contributed by atoms with E-state index in [2.05, 4.69) is 42.6 Å². The average molecular weight is 196 g/mol. The van der Waals surface area contributed by atoms with E-state index in [0.717, 1.165) is 12.1 Å². The second-order valence-electron chi connectivity index (χ2n) is 3.63. The van der Waals surface area contributed by atoms with Gasteiger partial charge in [0.15, 0.2) is 0 Å². The van der Waals surface area contributed by atoms with Crippen LogP contribution >= 0.6 is 0 Å². The maximum absolute atomic E-state index is 8.80. The van der Waals surface area contributed by atoms with Gasteiger partial charge in [-0.25, -0.2) is 0 Å². The van der Waals surface area contributed by atoms with Crippen LogP contribution in [0.25, 0.3) is 5.57 Å². The van der Waals surface area contributed by atoms with Gasteiger partial charge in [-0.2, -0.15) is 5.26 Å². The van der Waals surface area contributed by atoms with Crippen LogP contribution in [0.1, 0.15) is 11.1 Å². The predicted molar refractivity (Wildman–Crippen MR) is 60.9 cm³/mol. The molecule has 0 radical (unpaired) electrons. The summed E-state index contributed by atoms with van der Waals surface area (Å²) in [4.78, 5) is 0. The summed E-state index contributed by atoms with van der Waals surface area (Å²) in [5.41, 5.74) is 4.26. The molecule has 15 heavy (non-hydrogen) atoms. The number of nitrogens with zero attached hydrogens (tertiary/aromatic N) is 1. The van der Waals surface area contributed by atoms with Gasteiger partial charge in [-0.15, -0.1) is 0 Å². The number of dihydropyridines is 1. The third kappa shape index (κ3) is 2.08. The molecule has 0 bridgehead atoms. The molecule has 2 rings (SSSR count). The highest BCUT2D eigenvalue weighted by Crippen LogP contribution is 2.18. The van der Waals surface area contributed by atoms with E-state index >= 15 is 0 Å². The zero-order valence-corrected chi connectivity index (χ0v) is 8.62. The third-order valence-electron chi connectivity index (χ3n) is 2.43. The molecule has 1 N–H and O–H groups in total. The first-order valence-corrected chi connectivity index (χ1v) is 4.91. The topological polar surface area (TPSA) is 35.8 Å². The number of rotatable bonds is 1. The molecule has 0 unspecified atom stereocenters. The number of aryl methyl sites for hydroxylation is 1. The van der Waals surface area contributed by atoms with Crippen molar-refractivity contribution in [3.8, 4) is 6.07 Å². The van der Waals surface area contributed by atoms with E-state index in [0.29, 0.717) is 5.57 Å². The van der Waals surface area contributed by atoms with Crippen molar-refractivity contribution in [3.63, 3.8) is 0 Å². The SMILES string of the molecule is Cc1ccc(C2=CC(C#N)=CNC2)cc1. The lowest BCUT2D eigenvalue weighted by Gasteiger charge is -2.12. The minimum atomic E-state index is 0.678. The molecule has 0 aliphatic carbocycles. The van der Waals surface area contributed by atoms with Crippen LogP contribution in [0.15, 0.2) is 42.1 Å². The smallest absolute Gasteiger partial charge is 0.101 e. The van der Waals surface area contributed by atoms with Gasteiger partial charge in [0.25, 0.3) is 0 Å². The third-order valence-corrected chi connectivity index (χ3v) is 2.43. The summed E-state index contributed by atoms with van der Waals surface area (Å²) in [5.74, 6) is 0. The van der Waals surface area contributed by atoms with Gasteiger partial charge in [0.2, 0.25) is 0 Å². The molecule has 0 saturated heterocycles. The van der Waals surface area contributed by atoms with E-state index in [4.69, 9.17) is 5.26 Å². The molecular formula is C13H12N2. The number of benzene rings is 1. The summed E-state index contributed by atoms with van der Waals surface area (Å²) >= 11 is 0. The summed E-state index contributed by atoms with van der Waals surface area (Å²) in [5, 5.41) is 11.9. The Kier molecular flexibility index (Phi) is 2.55. The quantitative estimate of drug-likeness (QED) is 0.748. The normalized spacial score (nSPS) is 14.7. The van der Waals surface area contributed by atoms with Crippen molar-refractivity contribution >= 4 is 5.57 Å². The number of allylic oxidation sites excluding steroid dienone is 2. The lowest BCUT2D eigenvalue weighted by Crippen LogP contribution is -2.13. The number of hydrogen-bond acceptors (Lipinski definition) is 2. The minimum absolute atomic E-state index is 0.678. The Labute approximate surface area is 89.5 Å². The summed E-state index contributed by atoms with van der Waals surface area (Å²) in [7, 11) is 0. The number of hydrogen-bond donors (Lipinski definition) is 1. The minimum Gasteiger partial charge on any atom is -0.386 e. The fraction of sp³-hybridized carbons (Fsp3) is 0.154. The van der Waals surface area contributed by atoms with Gasteiger partial charge in [0, 0.05) is 12.7 Å². The van der Waals surface area contributed by atoms with Gasteiger partial charge in [-0.1, -0.05) is 29.8 Å². The molecule has 0 aromatic heterocycles. The Hall–Kier alpha value is -2.01. The largest absolute Gasteiger partial charge is 0.386 e. The van der Waals surface area contributed by atoms with Gasteiger partial charge in [0.1, 0.15) is 6.07 Å². The van der Waals surface area contributed by atoms with E-state index in [-0.39, 0.29) is 0 Å². The van der Waals surface area contributed by atoms with E-state index in [9.17, 15) is 0 Å². The van der Waals surface area contributed by atoms with Crippen LogP contribution in [0.2, 0.25) is 0 Å². The molecule has 0 spiro atoms.